The summed E-state index contributed by atoms with van der Waals surface area (Å²) in [6.45, 7) is 2.39. The lowest BCUT2D eigenvalue weighted by Gasteiger charge is -2.28. The van der Waals surface area contributed by atoms with E-state index in [9.17, 15) is 0 Å². The second-order valence-electron chi connectivity index (χ2n) is 3.65. The fourth-order valence-corrected chi connectivity index (χ4v) is 2.19. The van der Waals surface area contributed by atoms with E-state index in [-0.39, 0.29) is 0 Å². The molecule has 1 saturated heterocycles. The van der Waals surface area contributed by atoms with Crippen molar-refractivity contribution >= 4 is 22.6 Å². The van der Waals surface area contributed by atoms with E-state index in [2.05, 4.69) is 56.6 Å². The fraction of sp³-hybridized carbons (Fsp3) is 0.667. The number of nitrogens with zero attached hydrogens (tertiary/aromatic N) is 3. The predicted molar refractivity (Wildman–Crippen MR) is 60.7 cm³/mol. The molecule has 0 unspecified atom stereocenters. The van der Waals surface area contributed by atoms with Gasteiger partial charge in [0.05, 0.1) is 6.04 Å². The number of halogens is 1. The van der Waals surface area contributed by atoms with Crippen LogP contribution < -0.4 is 0 Å². The standard InChI is InChI=1S/C9H14IN3/c1-12-5-2-8(3-6-12)13-7-4-9(10)11-13/h4,7-8H,2-3,5-6H2,1H3. The Morgan fingerprint density at radius 1 is 1.46 bits per heavy atom. The topological polar surface area (TPSA) is 21.1 Å². The number of aromatic nitrogens is 2. The number of rotatable bonds is 1. The molecule has 1 aliphatic heterocycles. The third kappa shape index (κ3) is 2.22. The van der Waals surface area contributed by atoms with Crippen molar-refractivity contribution in [1.29, 1.82) is 0 Å². The van der Waals surface area contributed by atoms with Crippen molar-refractivity contribution < 1.29 is 0 Å². The molecule has 0 amide bonds. The first-order valence-corrected chi connectivity index (χ1v) is 5.73. The molecule has 1 fully saturated rings. The lowest BCUT2D eigenvalue weighted by Crippen LogP contribution is -2.31. The van der Waals surface area contributed by atoms with E-state index >= 15 is 0 Å². The predicted octanol–water partition coefficient (Wildman–Crippen LogP) is 1.75. The highest BCUT2D eigenvalue weighted by Gasteiger charge is 2.18. The van der Waals surface area contributed by atoms with Crippen molar-refractivity contribution in [2.45, 2.75) is 18.9 Å². The van der Waals surface area contributed by atoms with Gasteiger partial charge in [0.25, 0.3) is 0 Å². The third-order valence-electron chi connectivity index (χ3n) is 2.64. The Bertz CT molecular complexity index is 276. The van der Waals surface area contributed by atoms with E-state index in [1.165, 1.54) is 25.9 Å². The molecule has 1 aromatic rings. The molecule has 0 atom stereocenters. The van der Waals surface area contributed by atoms with Crippen LogP contribution in [0.15, 0.2) is 12.3 Å². The maximum Gasteiger partial charge on any atom is 0.123 e. The molecule has 13 heavy (non-hydrogen) atoms. The van der Waals surface area contributed by atoms with Gasteiger partial charge in [0.1, 0.15) is 3.70 Å². The summed E-state index contributed by atoms with van der Waals surface area (Å²) in [5.41, 5.74) is 0. The van der Waals surface area contributed by atoms with Gasteiger partial charge in [-0.15, -0.1) is 0 Å². The number of likely N-dealkylation sites (tertiary alicyclic amines) is 1. The molecule has 72 valence electrons. The Labute approximate surface area is 92.2 Å². The van der Waals surface area contributed by atoms with Crippen LogP contribution in [0, 0.1) is 3.70 Å². The molecule has 0 N–H and O–H groups in total. The lowest BCUT2D eigenvalue weighted by atomic mass is 10.1. The molecule has 0 aromatic carbocycles. The smallest absolute Gasteiger partial charge is 0.123 e. The second kappa shape index (κ2) is 3.96. The highest BCUT2D eigenvalue weighted by molar-refractivity contribution is 14.1. The summed E-state index contributed by atoms with van der Waals surface area (Å²) in [6, 6.07) is 2.69. The van der Waals surface area contributed by atoms with Crippen molar-refractivity contribution in [3.05, 3.63) is 16.0 Å². The molecular formula is C9H14IN3. The molecule has 2 rings (SSSR count). The molecular weight excluding hydrogens is 277 g/mol. The van der Waals surface area contributed by atoms with Crippen molar-refractivity contribution in [3.63, 3.8) is 0 Å². The van der Waals surface area contributed by atoms with Crippen LogP contribution in [0.5, 0.6) is 0 Å². The Kier molecular flexibility index (Phi) is 2.88. The van der Waals surface area contributed by atoms with E-state index in [0.29, 0.717) is 6.04 Å². The summed E-state index contributed by atoms with van der Waals surface area (Å²) in [6.07, 6.45) is 4.56. The van der Waals surface area contributed by atoms with Gasteiger partial charge in [-0.1, -0.05) is 0 Å². The molecule has 1 aromatic heterocycles. The minimum atomic E-state index is 0.625. The molecule has 0 bridgehead atoms. The molecule has 2 heterocycles. The average molecular weight is 291 g/mol. The van der Waals surface area contributed by atoms with E-state index in [1.54, 1.807) is 0 Å². The summed E-state index contributed by atoms with van der Waals surface area (Å²) in [4.78, 5) is 2.38. The molecule has 0 aliphatic carbocycles. The first kappa shape index (κ1) is 9.45. The minimum absolute atomic E-state index is 0.625. The van der Waals surface area contributed by atoms with E-state index < -0.39 is 0 Å². The molecule has 0 saturated carbocycles. The highest BCUT2D eigenvalue weighted by atomic mass is 127. The van der Waals surface area contributed by atoms with E-state index in [0.717, 1.165) is 3.70 Å². The Morgan fingerprint density at radius 2 is 2.15 bits per heavy atom. The molecule has 4 heteroatoms. The van der Waals surface area contributed by atoms with Gasteiger partial charge in [-0.2, -0.15) is 5.10 Å². The molecule has 3 nitrogen and oxygen atoms in total. The van der Waals surface area contributed by atoms with Crippen molar-refractivity contribution in [1.82, 2.24) is 14.7 Å². The van der Waals surface area contributed by atoms with Crippen LogP contribution in [0.25, 0.3) is 0 Å². The van der Waals surface area contributed by atoms with Crippen molar-refractivity contribution in [2.24, 2.45) is 0 Å². The van der Waals surface area contributed by atoms with Crippen LogP contribution in [-0.2, 0) is 0 Å². The molecule has 0 spiro atoms. The monoisotopic (exact) mass is 291 g/mol. The largest absolute Gasteiger partial charge is 0.306 e. The van der Waals surface area contributed by atoms with Crippen LogP contribution in [0.2, 0.25) is 0 Å². The van der Waals surface area contributed by atoms with Gasteiger partial charge < -0.3 is 4.90 Å². The van der Waals surface area contributed by atoms with Crippen LogP contribution in [0.1, 0.15) is 18.9 Å². The van der Waals surface area contributed by atoms with Gasteiger partial charge in [0.15, 0.2) is 0 Å². The van der Waals surface area contributed by atoms with Gasteiger partial charge in [-0.3, -0.25) is 4.68 Å². The first-order chi connectivity index (χ1) is 6.25. The number of piperidine rings is 1. The Balaban J connectivity index is 2.02. The SMILES string of the molecule is CN1CCC(n2ccc(I)n2)CC1. The molecule has 0 radical (unpaired) electrons. The Morgan fingerprint density at radius 3 is 2.69 bits per heavy atom. The zero-order valence-electron chi connectivity index (χ0n) is 7.78. The summed E-state index contributed by atoms with van der Waals surface area (Å²) in [7, 11) is 2.18. The number of hydrogen-bond acceptors (Lipinski definition) is 2. The van der Waals surface area contributed by atoms with Gasteiger partial charge in [-0.05, 0) is 61.6 Å². The quantitative estimate of drug-likeness (QED) is 0.735. The average Bonchev–Trinajstić information content (AvgIpc) is 2.53. The highest BCUT2D eigenvalue weighted by Crippen LogP contribution is 2.20. The van der Waals surface area contributed by atoms with E-state index in [1.807, 2.05) is 0 Å². The summed E-state index contributed by atoms with van der Waals surface area (Å²) in [5, 5.41) is 4.44. The van der Waals surface area contributed by atoms with Gasteiger partial charge in [-0.25, -0.2) is 0 Å². The molecule has 1 aliphatic rings. The van der Waals surface area contributed by atoms with Crippen molar-refractivity contribution in [2.75, 3.05) is 20.1 Å². The summed E-state index contributed by atoms with van der Waals surface area (Å²) in [5.74, 6) is 0. The fourth-order valence-electron chi connectivity index (χ4n) is 1.78. The van der Waals surface area contributed by atoms with Crippen LogP contribution in [-0.4, -0.2) is 34.8 Å². The zero-order chi connectivity index (χ0) is 9.26. The first-order valence-electron chi connectivity index (χ1n) is 4.65. The zero-order valence-corrected chi connectivity index (χ0v) is 9.94. The van der Waals surface area contributed by atoms with Gasteiger partial charge in [0.2, 0.25) is 0 Å². The van der Waals surface area contributed by atoms with Crippen LogP contribution >= 0.6 is 22.6 Å². The van der Waals surface area contributed by atoms with Gasteiger partial charge in [0, 0.05) is 6.20 Å². The normalized spacial score (nSPS) is 20.8. The maximum absolute atomic E-state index is 4.44. The Hall–Kier alpha value is -0.100. The summed E-state index contributed by atoms with van der Waals surface area (Å²) < 4.78 is 3.21. The lowest BCUT2D eigenvalue weighted by molar-refractivity contribution is 0.212. The minimum Gasteiger partial charge on any atom is -0.306 e. The number of hydrogen-bond donors (Lipinski definition) is 0. The van der Waals surface area contributed by atoms with Crippen LogP contribution in [0.3, 0.4) is 0 Å². The van der Waals surface area contributed by atoms with Gasteiger partial charge >= 0.3 is 0 Å². The maximum atomic E-state index is 4.44. The second-order valence-corrected chi connectivity index (χ2v) is 4.76. The summed E-state index contributed by atoms with van der Waals surface area (Å²) >= 11 is 2.26. The van der Waals surface area contributed by atoms with Crippen molar-refractivity contribution in [3.8, 4) is 0 Å². The third-order valence-corrected chi connectivity index (χ3v) is 3.21. The van der Waals surface area contributed by atoms with Crippen LogP contribution in [0.4, 0.5) is 0 Å². The van der Waals surface area contributed by atoms with E-state index in [4.69, 9.17) is 0 Å².